The molecule has 0 spiro atoms. The van der Waals surface area contributed by atoms with E-state index in [1.165, 1.54) is 0 Å². The van der Waals surface area contributed by atoms with Gasteiger partial charge in [0.1, 0.15) is 5.75 Å². The quantitative estimate of drug-likeness (QED) is 0.724. The van der Waals surface area contributed by atoms with Crippen LogP contribution in [-0.2, 0) is 0 Å². The molecule has 3 heteroatoms. The van der Waals surface area contributed by atoms with E-state index < -0.39 is 0 Å². The molecule has 0 atom stereocenters. The number of pyridine rings is 1. The second-order valence-electron chi connectivity index (χ2n) is 3.20. The van der Waals surface area contributed by atoms with Crippen LogP contribution in [0.25, 0.3) is 6.08 Å². The maximum absolute atomic E-state index is 5.09. The molecule has 1 heterocycles. The van der Waals surface area contributed by atoms with Crippen LogP contribution >= 0.6 is 0 Å². The van der Waals surface area contributed by atoms with E-state index in [0.717, 1.165) is 30.8 Å². The van der Waals surface area contributed by atoms with Crippen LogP contribution < -0.4 is 10.1 Å². The van der Waals surface area contributed by atoms with Gasteiger partial charge in [-0.05, 0) is 31.1 Å². The number of rotatable bonds is 6. The lowest BCUT2D eigenvalue weighted by Crippen LogP contribution is -2.12. The molecule has 0 aliphatic rings. The van der Waals surface area contributed by atoms with Crippen molar-refractivity contribution in [3.63, 3.8) is 0 Å². The number of hydrogen-bond acceptors (Lipinski definition) is 3. The molecule has 1 rings (SSSR count). The fourth-order valence-electron chi connectivity index (χ4n) is 1.22. The molecule has 0 fully saturated rings. The van der Waals surface area contributed by atoms with Gasteiger partial charge in [-0.15, -0.1) is 0 Å². The van der Waals surface area contributed by atoms with E-state index in [-0.39, 0.29) is 0 Å². The Balaban J connectivity index is 2.41. The number of nitrogens with zero attached hydrogens (tertiary/aromatic N) is 1. The van der Waals surface area contributed by atoms with E-state index in [4.69, 9.17) is 4.74 Å². The second kappa shape index (κ2) is 7.01. The number of nitrogens with one attached hydrogen (secondary N) is 1. The van der Waals surface area contributed by atoms with Crippen molar-refractivity contribution in [2.45, 2.75) is 13.3 Å². The lowest BCUT2D eigenvalue weighted by molar-refractivity contribution is 0.413. The molecule has 15 heavy (non-hydrogen) atoms. The summed E-state index contributed by atoms with van der Waals surface area (Å²) in [6.45, 7) is 4.15. The van der Waals surface area contributed by atoms with Crippen molar-refractivity contribution in [1.29, 1.82) is 0 Å². The van der Waals surface area contributed by atoms with Gasteiger partial charge in [-0.3, -0.25) is 4.98 Å². The normalized spacial score (nSPS) is 10.8. The van der Waals surface area contributed by atoms with Crippen molar-refractivity contribution in [3.05, 3.63) is 30.1 Å². The Morgan fingerprint density at radius 3 is 3.07 bits per heavy atom. The highest BCUT2D eigenvalue weighted by molar-refractivity contribution is 5.49. The van der Waals surface area contributed by atoms with E-state index in [2.05, 4.69) is 29.4 Å². The summed E-state index contributed by atoms with van der Waals surface area (Å²) in [6.07, 6.45) is 8.76. The lowest BCUT2D eigenvalue weighted by Gasteiger charge is -1.99. The highest BCUT2D eigenvalue weighted by Crippen LogP contribution is 2.11. The van der Waals surface area contributed by atoms with Crippen LogP contribution in [0.5, 0.6) is 5.75 Å². The van der Waals surface area contributed by atoms with Crippen molar-refractivity contribution in [3.8, 4) is 5.75 Å². The van der Waals surface area contributed by atoms with Gasteiger partial charge in [0, 0.05) is 6.20 Å². The smallest absolute Gasteiger partial charge is 0.137 e. The summed E-state index contributed by atoms with van der Waals surface area (Å²) < 4.78 is 5.09. The average Bonchev–Trinajstić information content (AvgIpc) is 2.29. The van der Waals surface area contributed by atoms with Gasteiger partial charge in [-0.25, -0.2) is 0 Å². The summed E-state index contributed by atoms with van der Waals surface area (Å²) in [5.74, 6) is 0.795. The Kier molecular flexibility index (Phi) is 5.48. The monoisotopic (exact) mass is 206 g/mol. The Labute approximate surface area is 91.2 Å². The molecule has 0 bridgehead atoms. The average molecular weight is 206 g/mol. The first-order chi connectivity index (χ1) is 7.36. The van der Waals surface area contributed by atoms with Crippen molar-refractivity contribution in [1.82, 2.24) is 10.3 Å². The van der Waals surface area contributed by atoms with Crippen molar-refractivity contribution >= 4 is 6.08 Å². The van der Waals surface area contributed by atoms with Crippen LogP contribution in [0.1, 0.15) is 18.9 Å². The van der Waals surface area contributed by atoms with Gasteiger partial charge in [0.2, 0.25) is 0 Å². The maximum atomic E-state index is 5.09. The zero-order valence-corrected chi connectivity index (χ0v) is 9.36. The van der Waals surface area contributed by atoms with Crippen LogP contribution in [-0.4, -0.2) is 25.2 Å². The van der Waals surface area contributed by atoms with Crippen molar-refractivity contribution in [2.24, 2.45) is 0 Å². The molecule has 1 aromatic heterocycles. The fourth-order valence-corrected chi connectivity index (χ4v) is 1.22. The van der Waals surface area contributed by atoms with Crippen LogP contribution in [0, 0.1) is 0 Å². The molecule has 0 aromatic carbocycles. The predicted octanol–water partition coefficient (Wildman–Crippen LogP) is 2.10. The van der Waals surface area contributed by atoms with Gasteiger partial charge < -0.3 is 10.1 Å². The van der Waals surface area contributed by atoms with E-state index in [1.807, 2.05) is 12.3 Å². The third kappa shape index (κ3) is 4.61. The Hall–Kier alpha value is -1.35. The molecule has 0 aliphatic carbocycles. The molecule has 0 aliphatic heterocycles. The van der Waals surface area contributed by atoms with E-state index in [1.54, 1.807) is 13.3 Å². The minimum absolute atomic E-state index is 0.795. The molecular formula is C12H18N2O. The molecular weight excluding hydrogens is 188 g/mol. The van der Waals surface area contributed by atoms with Crippen LogP contribution in [0.15, 0.2) is 24.5 Å². The summed E-state index contributed by atoms with van der Waals surface area (Å²) in [6, 6.07) is 1.97. The molecule has 0 saturated carbocycles. The molecule has 3 nitrogen and oxygen atoms in total. The Morgan fingerprint density at radius 2 is 2.33 bits per heavy atom. The van der Waals surface area contributed by atoms with Gasteiger partial charge in [-0.1, -0.05) is 19.1 Å². The number of hydrogen-bond donors (Lipinski definition) is 1. The maximum Gasteiger partial charge on any atom is 0.137 e. The molecule has 0 amide bonds. The lowest BCUT2D eigenvalue weighted by atomic mass is 10.2. The van der Waals surface area contributed by atoms with Crippen LogP contribution in [0.2, 0.25) is 0 Å². The molecule has 82 valence electrons. The van der Waals surface area contributed by atoms with Gasteiger partial charge in [0.25, 0.3) is 0 Å². The van der Waals surface area contributed by atoms with Gasteiger partial charge >= 0.3 is 0 Å². The fraction of sp³-hybridized carbons (Fsp3) is 0.417. The van der Waals surface area contributed by atoms with Crippen LogP contribution in [0.4, 0.5) is 0 Å². The third-order valence-electron chi connectivity index (χ3n) is 2.02. The van der Waals surface area contributed by atoms with Gasteiger partial charge in [0.05, 0.1) is 13.3 Å². The summed E-state index contributed by atoms with van der Waals surface area (Å²) in [4.78, 5) is 4.08. The first-order valence-corrected chi connectivity index (χ1v) is 5.23. The van der Waals surface area contributed by atoms with E-state index in [9.17, 15) is 0 Å². The second-order valence-corrected chi connectivity index (χ2v) is 3.20. The molecule has 0 radical (unpaired) electrons. The van der Waals surface area contributed by atoms with E-state index in [0.29, 0.717) is 0 Å². The SMILES string of the molecule is CCNCC/C=C/c1cncc(OC)c1. The molecule has 0 saturated heterocycles. The minimum Gasteiger partial charge on any atom is -0.495 e. The van der Waals surface area contributed by atoms with E-state index >= 15 is 0 Å². The van der Waals surface area contributed by atoms with Crippen molar-refractivity contribution in [2.75, 3.05) is 20.2 Å². The first kappa shape index (κ1) is 11.7. The summed E-state index contributed by atoms with van der Waals surface area (Å²) in [7, 11) is 1.65. The number of ether oxygens (including phenoxy) is 1. The highest BCUT2D eigenvalue weighted by Gasteiger charge is 1.91. The molecule has 0 unspecified atom stereocenters. The number of methoxy groups -OCH3 is 1. The number of aromatic nitrogens is 1. The third-order valence-corrected chi connectivity index (χ3v) is 2.02. The minimum atomic E-state index is 0.795. The topological polar surface area (TPSA) is 34.2 Å². The molecule has 1 N–H and O–H groups in total. The predicted molar refractivity (Wildman–Crippen MR) is 63.0 cm³/mol. The Morgan fingerprint density at radius 1 is 1.47 bits per heavy atom. The standard InChI is InChI=1S/C12H18N2O/c1-3-13-7-5-4-6-11-8-12(15-2)10-14-9-11/h4,6,8-10,13H,3,5,7H2,1-2H3/b6-4+. The van der Waals surface area contributed by atoms with Crippen molar-refractivity contribution < 1.29 is 4.74 Å². The molecule has 1 aromatic rings. The zero-order chi connectivity index (χ0) is 10.9. The summed E-state index contributed by atoms with van der Waals surface area (Å²) in [5.41, 5.74) is 1.07. The first-order valence-electron chi connectivity index (χ1n) is 5.23. The van der Waals surface area contributed by atoms with Gasteiger partial charge in [0.15, 0.2) is 0 Å². The largest absolute Gasteiger partial charge is 0.495 e. The zero-order valence-electron chi connectivity index (χ0n) is 9.36. The Bertz CT molecular complexity index is 310. The van der Waals surface area contributed by atoms with Gasteiger partial charge in [-0.2, -0.15) is 0 Å². The summed E-state index contributed by atoms with van der Waals surface area (Å²) >= 11 is 0. The van der Waals surface area contributed by atoms with Crippen LogP contribution in [0.3, 0.4) is 0 Å². The highest BCUT2D eigenvalue weighted by atomic mass is 16.5. The summed E-state index contributed by atoms with van der Waals surface area (Å²) in [5, 5.41) is 3.27.